The Morgan fingerprint density at radius 3 is 2.86 bits per heavy atom. The zero-order valence-electron chi connectivity index (χ0n) is 12.1. The smallest absolute Gasteiger partial charge is 0.223 e. The van der Waals surface area contributed by atoms with Crippen molar-refractivity contribution in [1.82, 2.24) is 19.7 Å². The summed E-state index contributed by atoms with van der Waals surface area (Å²) in [5.41, 5.74) is -0.381. The van der Waals surface area contributed by atoms with E-state index >= 15 is 0 Å². The summed E-state index contributed by atoms with van der Waals surface area (Å²) in [6.45, 7) is 3.93. The molecule has 0 aliphatic carbocycles. The van der Waals surface area contributed by atoms with Gasteiger partial charge in [0.1, 0.15) is 5.82 Å². The minimum Gasteiger partial charge on any atom is -0.333 e. The van der Waals surface area contributed by atoms with E-state index < -0.39 is 0 Å². The van der Waals surface area contributed by atoms with Crippen molar-refractivity contribution in [2.24, 2.45) is 10.2 Å². The number of aromatic nitrogens is 3. The van der Waals surface area contributed by atoms with Gasteiger partial charge in [0.15, 0.2) is 11.5 Å². The van der Waals surface area contributed by atoms with Gasteiger partial charge in [-0.3, -0.25) is 4.79 Å². The molecule has 0 bridgehead atoms. The summed E-state index contributed by atoms with van der Waals surface area (Å²) in [4.78, 5) is 14.1. The van der Waals surface area contributed by atoms with E-state index in [-0.39, 0.29) is 11.6 Å². The number of hydrogen-bond acceptors (Lipinski definition) is 5. The van der Waals surface area contributed by atoms with E-state index in [1.807, 2.05) is 11.8 Å². The van der Waals surface area contributed by atoms with Gasteiger partial charge in [0, 0.05) is 38.8 Å². The molecule has 2 aliphatic rings. The summed E-state index contributed by atoms with van der Waals surface area (Å²) in [6.07, 6.45) is 7.74. The second-order valence-corrected chi connectivity index (χ2v) is 5.52. The van der Waals surface area contributed by atoms with E-state index in [1.165, 1.54) is 0 Å². The van der Waals surface area contributed by atoms with Gasteiger partial charge in [-0.05, 0) is 6.92 Å². The van der Waals surface area contributed by atoms with Crippen LogP contribution in [0.3, 0.4) is 0 Å². The maximum Gasteiger partial charge on any atom is 0.223 e. The first-order valence-electron chi connectivity index (χ1n) is 7.17. The van der Waals surface area contributed by atoms with Gasteiger partial charge >= 0.3 is 0 Å². The standard InChI is InChI=1S/C14H18N6O/c1-3-4-6-14(17-18-14)7-5-13(21)19-8-9-20-11(2)15-16-12(20)10-19/h1H,4-10H2,2H3. The van der Waals surface area contributed by atoms with Gasteiger partial charge in [-0.25, -0.2) is 0 Å². The molecule has 3 heterocycles. The van der Waals surface area contributed by atoms with Crippen LogP contribution in [0.15, 0.2) is 10.2 Å². The van der Waals surface area contributed by atoms with Crippen LogP contribution in [-0.4, -0.2) is 37.8 Å². The monoisotopic (exact) mass is 286 g/mol. The minimum atomic E-state index is -0.381. The van der Waals surface area contributed by atoms with Crippen molar-refractivity contribution < 1.29 is 4.79 Å². The average Bonchev–Trinajstić information content (AvgIpc) is 3.19. The molecule has 0 fully saturated rings. The predicted octanol–water partition coefficient (Wildman–Crippen LogP) is 1.28. The van der Waals surface area contributed by atoms with Crippen LogP contribution in [-0.2, 0) is 17.9 Å². The van der Waals surface area contributed by atoms with Crippen LogP contribution in [0.4, 0.5) is 0 Å². The number of fused-ring (bicyclic) bond motifs is 1. The number of terminal acetylenes is 1. The summed E-state index contributed by atoms with van der Waals surface area (Å²) in [7, 11) is 0. The van der Waals surface area contributed by atoms with Crippen molar-refractivity contribution in [3.05, 3.63) is 11.6 Å². The molecule has 0 saturated carbocycles. The molecule has 0 radical (unpaired) electrons. The molecule has 110 valence electrons. The Kier molecular flexibility index (Phi) is 3.45. The number of carbonyl (C=O) groups is 1. The predicted molar refractivity (Wildman–Crippen MR) is 75.1 cm³/mol. The number of rotatable bonds is 5. The molecule has 2 aliphatic heterocycles. The van der Waals surface area contributed by atoms with Gasteiger partial charge in [-0.1, -0.05) is 0 Å². The highest BCUT2D eigenvalue weighted by atomic mass is 16.2. The number of nitrogens with zero attached hydrogens (tertiary/aromatic N) is 6. The molecule has 0 aromatic carbocycles. The van der Waals surface area contributed by atoms with Crippen LogP contribution in [0, 0.1) is 19.3 Å². The van der Waals surface area contributed by atoms with Crippen molar-refractivity contribution in [2.45, 2.75) is 51.4 Å². The molecule has 1 amide bonds. The fourth-order valence-corrected chi connectivity index (χ4v) is 2.65. The highest BCUT2D eigenvalue weighted by Crippen LogP contribution is 2.37. The molecule has 0 unspecified atom stereocenters. The second-order valence-electron chi connectivity index (χ2n) is 5.52. The highest BCUT2D eigenvalue weighted by molar-refractivity contribution is 5.76. The van der Waals surface area contributed by atoms with Gasteiger partial charge in [0.05, 0.1) is 6.54 Å². The molecule has 21 heavy (non-hydrogen) atoms. The molecule has 0 atom stereocenters. The fraction of sp³-hybridized carbons (Fsp3) is 0.643. The number of amides is 1. The van der Waals surface area contributed by atoms with Gasteiger partial charge < -0.3 is 9.47 Å². The SMILES string of the molecule is C#CCCC1(CCC(=O)N2CCn3c(C)nnc3C2)N=N1. The molecule has 7 heteroatoms. The number of hydrogen-bond donors (Lipinski definition) is 0. The summed E-state index contributed by atoms with van der Waals surface area (Å²) >= 11 is 0. The lowest BCUT2D eigenvalue weighted by Crippen LogP contribution is -2.39. The molecule has 0 N–H and O–H groups in total. The second kappa shape index (κ2) is 5.28. The minimum absolute atomic E-state index is 0.124. The van der Waals surface area contributed by atoms with E-state index in [0.29, 0.717) is 32.4 Å². The fourth-order valence-electron chi connectivity index (χ4n) is 2.65. The molecule has 3 rings (SSSR count). The Hall–Kier alpha value is -2.23. The van der Waals surface area contributed by atoms with Gasteiger partial charge in [-0.15, -0.1) is 22.5 Å². The van der Waals surface area contributed by atoms with Gasteiger partial charge in [0.2, 0.25) is 5.91 Å². The third-order valence-corrected chi connectivity index (χ3v) is 4.08. The highest BCUT2D eigenvalue weighted by Gasteiger charge is 2.39. The van der Waals surface area contributed by atoms with Gasteiger partial charge in [-0.2, -0.15) is 10.2 Å². The maximum absolute atomic E-state index is 12.3. The Morgan fingerprint density at radius 2 is 2.14 bits per heavy atom. The third-order valence-electron chi connectivity index (χ3n) is 4.08. The molecule has 0 spiro atoms. The van der Waals surface area contributed by atoms with E-state index in [0.717, 1.165) is 24.6 Å². The Morgan fingerprint density at radius 1 is 1.33 bits per heavy atom. The molecular weight excluding hydrogens is 268 g/mol. The van der Waals surface area contributed by atoms with Crippen LogP contribution in [0.5, 0.6) is 0 Å². The van der Waals surface area contributed by atoms with E-state index in [9.17, 15) is 4.79 Å². The molecular formula is C14H18N6O. The zero-order valence-corrected chi connectivity index (χ0v) is 12.1. The summed E-state index contributed by atoms with van der Waals surface area (Å²) in [6, 6.07) is 0. The molecule has 1 aromatic rings. The Balaban J connectivity index is 1.52. The van der Waals surface area contributed by atoms with Crippen molar-refractivity contribution in [2.75, 3.05) is 6.54 Å². The lowest BCUT2D eigenvalue weighted by atomic mass is 10.0. The van der Waals surface area contributed by atoms with Crippen LogP contribution < -0.4 is 0 Å². The van der Waals surface area contributed by atoms with E-state index in [4.69, 9.17) is 6.42 Å². The largest absolute Gasteiger partial charge is 0.333 e. The summed E-state index contributed by atoms with van der Waals surface area (Å²) < 4.78 is 2.06. The first-order chi connectivity index (χ1) is 10.1. The first kappa shape index (κ1) is 13.7. The molecule has 7 nitrogen and oxygen atoms in total. The lowest BCUT2D eigenvalue weighted by molar-refractivity contribution is -0.133. The first-order valence-corrected chi connectivity index (χ1v) is 7.17. The number of carbonyl (C=O) groups excluding carboxylic acids is 1. The van der Waals surface area contributed by atoms with Crippen LogP contribution in [0.25, 0.3) is 0 Å². The van der Waals surface area contributed by atoms with Crippen molar-refractivity contribution in [1.29, 1.82) is 0 Å². The Bertz CT molecular complexity index is 620. The maximum atomic E-state index is 12.3. The average molecular weight is 286 g/mol. The zero-order chi connectivity index (χ0) is 14.9. The van der Waals surface area contributed by atoms with Crippen LogP contribution >= 0.6 is 0 Å². The number of aryl methyl sites for hydroxylation is 1. The normalized spacial score (nSPS) is 18.2. The van der Waals surface area contributed by atoms with E-state index in [1.54, 1.807) is 0 Å². The van der Waals surface area contributed by atoms with E-state index in [2.05, 4.69) is 30.9 Å². The lowest BCUT2D eigenvalue weighted by Gasteiger charge is -2.28. The molecule has 1 aromatic heterocycles. The summed E-state index contributed by atoms with van der Waals surface area (Å²) in [5.74, 6) is 4.48. The van der Waals surface area contributed by atoms with Crippen molar-refractivity contribution in [3.8, 4) is 12.3 Å². The van der Waals surface area contributed by atoms with Crippen molar-refractivity contribution >= 4 is 5.91 Å². The quantitative estimate of drug-likeness (QED) is 0.765. The van der Waals surface area contributed by atoms with Crippen LogP contribution in [0.2, 0.25) is 0 Å². The van der Waals surface area contributed by atoms with Gasteiger partial charge in [0.25, 0.3) is 0 Å². The molecule has 0 saturated heterocycles. The topological polar surface area (TPSA) is 75.7 Å². The van der Waals surface area contributed by atoms with Crippen LogP contribution in [0.1, 0.15) is 37.3 Å². The third kappa shape index (κ3) is 2.79. The summed E-state index contributed by atoms with van der Waals surface area (Å²) in [5, 5.41) is 16.3. The van der Waals surface area contributed by atoms with Crippen molar-refractivity contribution in [3.63, 3.8) is 0 Å². The Labute approximate surface area is 123 Å².